The van der Waals surface area contributed by atoms with Crippen LogP contribution in [0.1, 0.15) is 18.5 Å². The van der Waals surface area contributed by atoms with Crippen LogP contribution in [0.2, 0.25) is 0 Å². The van der Waals surface area contributed by atoms with Crippen LogP contribution in [0.3, 0.4) is 0 Å². The highest BCUT2D eigenvalue weighted by Gasteiger charge is 2.15. The number of nitrogens with one attached hydrogen (secondary N) is 2. The molecule has 1 aliphatic rings. The van der Waals surface area contributed by atoms with Gasteiger partial charge in [0.2, 0.25) is 0 Å². The van der Waals surface area contributed by atoms with Crippen LogP contribution in [0, 0.1) is 0 Å². The molecular formula is C20H29IN4O3S. The number of benzene rings is 1. The third-order valence-corrected chi connectivity index (χ3v) is 5.34. The van der Waals surface area contributed by atoms with Crippen LogP contribution in [-0.2, 0) is 16.0 Å². The number of guanidine groups is 1. The van der Waals surface area contributed by atoms with Crippen LogP contribution in [0.25, 0.3) is 10.6 Å². The van der Waals surface area contributed by atoms with Crippen LogP contribution in [0.4, 0.5) is 0 Å². The van der Waals surface area contributed by atoms with Crippen molar-refractivity contribution in [3.8, 4) is 16.3 Å². The maximum atomic E-state index is 5.77. The summed E-state index contributed by atoms with van der Waals surface area (Å²) in [6.45, 7) is 3.71. The van der Waals surface area contributed by atoms with Gasteiger partial charge in [-0.15, -0.1) is 35.3 Å². The zero-order chi connectivity index (χ0) is 19.6. The number of ether oxygens (including phenoxy) is 3. The monoisotopic (exact) mass is 532 g/mol. The summed E-state index contributed by atoms with van der Waals surface area (Å²) in [6.07, 6.45) is 2.19. The molecule has 0 amide bonds. The molecule has 1 aromatic heterocycles. The third kappa shape index (κ3) is 7.72. The minimum absolute atomic E-state index is 0. The van der Waals surface area contributed by atoms with E-state index in [2.05, 4.69) is 21.0 Å². The number of rotatable bonds is 9. The molecule has 29 heavy (non-hydrogen) atoms. The van der Waals surface area contributed by atoms with E-state index in [4.69, 9.17) is 19.2 Å². The Morgan fingerprint density at radius 2 is 2.14 bits per heavy atom. The van der Waals surface area contributed by atoms with Gasteiger partial charge < -0.3 is 24.8 Å². The Labute approximate surface area is 193 Å². The van der Waals surface area contributed by atoms with E-state index in [1.807, 2.05) is 24.3 Å². The van der Waals surface area contributed by atoms with Crippen molar-refractivity contribution in [3.63, 3.8) is 0 Å². The van der Waals surface area contributed by atoms with Crippen molar-refractivity contribution in [2.45, 2.75) is 25.5 Å². The Bertz CT molecular complexity index is 748. The van der Waals surface area contributed by atoms with Crippen molar-refractivity contribution in [1.82, 2.24) is 15.6 Å². The molecule has 0 spiro atoms. The summed E-state index contributed by atoms with van der Waals surface area (Å²) in [6, 6.07) is 7.94. The highest BCUT2D eigenvalue weighted by molar-refractivity contribution is 14.0. The first-order valence-electron chi connectivity index (χ1n) is 9.51. The van der Waals surface area contributed by atoms with Gasteiger partial charge in [0.1, 0.15) is 10.8 Å². The van der Waals surface area contributed by atoms with Gasteiger partial charge in [0.15, 0.2) is 5.96 Å². The van der Waals surface area contributed by atoms with Gasteiger partial charge in [0.05, 0.1) is 32.1 Å². The number of aliphatic imine (C=N–C) groups is 1. The smallest absolute Gasteiger partial charge is 0.191 e. The van der Waals surface area contributed by atoms with Gasteiger partial charge in [-0.05, 0) is 37.1 Å². The normalized spacial score (nSPS) is 16.3. The van der Waals surface area contributed by atoms with E-state index >= 15 is 0 Å². The topological polar surface area (TPSA) is 77.0 Å². The fraction of sp³-hybridized carbons (Fsp3) is 0.500. The first-order valence-corrected chi connectivity index (χ1v) is 10.4. The number of nitrogens with zero attached hydrogens (tertiary/aromatic N) is 2. The van der Waals surface area contributed by atoms with Crippen LogP contribution in [0.15, 0.2) is 34.6 Å². The van der Waals surface area contributed by atoms with Crippen molar-refractivity contribution in [3.05, 3.63) is 35.3 Å². The molecule has 1 aliphatic heterocycles. The summed E-state index contributed by atoms with van der Waals surface area (Å²) in [4.78, 5) is 8.95. The van der Waals surface area contributed by atoms with Crippen molar-refractivity contribution in [2.75, 3.05) is 40.5 Å². The van der Waals surface area contributed by atoms with Crippen LogP contribution >= 0.6 is 35.3 Å². The van der Waals surface area contributed by atoms with Crippen LogP contribution in [-0.4, -0.2) is 57.6 Å². The van der Waals surface area contributed by atoms with E-state index < -0.39 is 0 Å². The predicted molar refractivity (Wildman–Crippen MR) is 128 cm³/mol. The van der Waals surface area contributed by atoms with E-state index in [0.717, 1.165) is 67.2 Å². The number of aromatic nitrogens is 1. The standard InChI is InChI=1S/C20H28N4O3S.HI/c1-21-20(22-9-3-10-27-18-8-11-26-13-18)23-12-16-14-28-19(24-16)15-4-6-17(25-2)7-5-15;/h4-7,14,18H,3,8-13H2,1-2H3,(H2,21,22,23);1H. The second-order valence-corrected chi connectivity index (χ2v) is 7.29. The maximum absolute atomic E-state index is 5.77. The number of halogens is 1. The molecule has 1 fully saturated rings. The summed E-state index contributed by atoms with van der Waals surface area (Å²) >= 11 is 1.63. The Hall–Kier alpha value is -1.43. The van der Waals surface area contributed by atoms with E-state index in [-0.39, 0.29) is 30.1 Å². The quantitative estimate of drug-likeness (QED) is 0.224. The molecule has 2 aromatic rings. The molecule has 2 heterocycles. The van der Waals surface area contributed by atoms with E-state index in [1.165, 1.54) is 0 Å². The minimum atomic E-state index is 0. The predicted octanol–water partition coefficient (Wildman–Crippen LogP) is 3.30. The number of methoxy groups -OCH3 is 1. The summed E-state index contributed by atoms with van der Waals surface area (Å²) in [5.74, 6) is 1.61. The Morgan fingerprint density at radius 3 is 2.83 bits per heavy atom. The highest BCUT2D eigenvalue weighted by Crippen LogP contribution is 2.25. The molecular weight excluding hydrogens is 503 g/mol. The molecule has 3 rings (SSSR count). The fourth-order valence-corrected chi connectivity index (χ4v) is 3.65. The molecule has 1 aromatic carbocycles. The van der Waals surface area contributed by atoms with Gasteiger partial charge in [-0.2, -0.15) is 0 Å². The van der Waals surface area contributed by atoms with Gasteiger partial charge in [0.25, 0.3) is 0 Å². The largest absolute Gasteiger partial charge is 0.497 e. The van der Waals surface area contributed by atoms with Crippen molar-refractivity contribution in [1.29, 1.82) is 0 Å². The summed E-state index contributed by atoms with van der Waals surface area (Å²) in [7, 11) is 3.44. The SMILES string of the molecule is CN=C(NCCCOC1CCOC1)NCc1csc(-c2ccc(OC)cc2)n1.I. The van der Waals surface area contributed by atoms with Crippen molar-refractivity contribution < 1.29 is 14.2 Å². The lowest BCUT2D eigenvalue weighted by Gasteiger charge is -2.12. The molecule has 0 radical (unpaired) electrons. The Morgan fingerprint density at radius 1 is 1.31 bits per heavy atom. The zero-order valence-corrected chi connectivity index (χ0v) is 20.0. The van der Waals surface area contributed by atoms with Gasteiger partial charge in [-0.3, -0.25) is 4.99 Å². The lowest BCUT2D eigenvalue weighted by molar-refractivity contribution is 0.0420. The Kier molecular flexibility index (Phi) is 10.7. The van der Waals surface area contributed by atoms with E-state index in [9.17, 15) is 0 Å². The van der Waals surface area contributed by atoms with E-state index in [0.29, 0.717) is 6.54 Å². The average Bonchev–Trinajstić information content (AvgIpc) is 3.42. The Balaban J connectivity index is 0.00000300. The third-order valence-electron chi connectivity index (χ3n) is 4.40. The first kappa shape index (κ1) is 23.8. The molecule has 2 N–H and O–H groups in total. The molecule has 1 atom stereocenters. The van der Waals surface area contributed by atoms with Crippen molar-refractivity contribution >= 4 is 41.3 Å². The van der Waals surface area contributed by atoms with Crippen molar-refractivity contribution in [2.24, 2.45) is 4.99 Å². The van der Waals surface area contributed by atoms with Gasteiger partial charge in [-0.25, -0.2) is 4.98 Å². The molecule has 1 unspecified atom stereocenters. The zero-order valence-electron chi connectivity index (χ0n) is 16.8. The molecule has 1 saturated heterocycles. The van der Waals surface area contributed by atoms with Gasteiger partial charge in [-0.1, -0.05) is 0 Å². The summed E-state index contributed by atoms with van der Waals surface area (Å²) in [5.41, 5.74) is 2.08. The number of hydrogen-bond acceptors (Lipinski definition) is 6. The summed E-state index contributed by atoms with van der Waals surface area (Å²) < 4.78 is 16.3. The van der Waals surface area contributed by atoms with E-state index in [1.54, 1.807) is 25.5 Å². The molecule has 0 saturated carbocycles. The second kappa shape index (κ2) is 13.0. The van der Waals surface area contributed by atoms with Crippen LogP contribution < -0.4 is 15.4 Å². The molecule has 7 nitrogen and oxygen atoms in total. The van der Waals surface area contributed by atoms with Gasteiger partial charge in [0, 0.05) is 37.7 Å². The molecule has 160 valence electrons. The minimum Gasteiger partial charge on any atom is -0.497 e. The molecule has 9 heteroatoms. The first-order chi connectivity index (χ1) is 13.8. The lowest BCUT2D eigenvalue weighted by atomic mass is 10.2. The average molecular weight is 532 g/mol. The second-order valence-electron chi connectivity index (χ2n) is 6.43. The highest BCUT2D eigenvalue weighted by atomic mass is 127. The summed E-state index contributed by atoms with van der Waals surface area (Å²) in [5, 5.41) is 9.67. The van der Waals surface area contributed by atoms with Crippen LogP contribution in [0.5, 0.6) is 5.75 Å². The number of hydrogen-bond donors (Lipinski definition) is 2. The lowest BCUT2D eigenvalue weighted by Crippen LogP contribution is -2.37. The number of thiazole rings is 1. The maximum Gasteiger partial charge on any atom is 0.191 e. The fourth-order valence-electron chi connectivity index (χ4n) is 2.82. The molecule has 0 aliphatic carbocycles. The molecule has 0 bridgehead atoms. The van der Waals surface area contributed by atoms with Gasteiger partial charge >= 0.3 is 0 Å².